The second-order valence-corrected chi connectivity index (χ2v) is 7.74. The Balaban J connectivity index is 2.17. The van der Waals surface area contributed by atoms with Crippen LogP contribution in [-0.2, 0) is 12.8 Å². The van der Waals surface area contributed by atoms with E-state index in [0.717, 1.165) is 0 Å². The molecular weight excluding hydrogens is 432 g/mol. The summed E-state index contributed by atoms with van der Waals surface area (Å²) in [5.41, 5.74) is -1.44. The monoisotopic (exact) mass is 446 g/mol. The van der Waals surface area contributed by atoms with Crippen LogP contribution in [0.15, 0.2) is 9.79 Å². The predicted octanol–water partition coefficient (Wildman–Crippen LogP) is 6.81. The summed E-state index contributed by atoms with van der Waals surface area (Å²) in [6.07, 6.45) is -0.508. The highest BCUT2D eigenvalue weighted by Crippen LogP contribution is 2.35. The van der Waals surface area contributed by atoms with Gasteiger partial charge in [0.05, 0.1) is 9.79 Å². The van der Waals surface area contributed by atoms with Crippen molar-refractivity contribution >= 4 is 23.5 Å². The average Bonchev–Trinajstić information content (AvgIpc) is 2.67. The molecule has 0 unspecified atom stereocenters. The number of hydrogen-bond donors (Lipinski definition) is 0. The van der Waals surface area contributed by atoms with E-state index in [-0.39, 0.29) is 24.3 Å². The molecular formula is C18H14F8S2. The van der Waals surface area contributed by atoms with Gasteiger partial charge in [-0.2, -0.15) is 0 Å². The fourth-order valence-corrected chi connectivity index (χ4v) is 4.42. The lowest BCUT2D eigenvalue weighted by Crippen LogP contribution is -2.06. The van der Waals surface area contributed by atoms with E-state index in [0.29, 0.717) is 23.5 Å². The van der Waals surface area contributed by atoms with Crippen LogP contribution >= 0.6 is 23.5 Å². The number of thioether (sulfide) groups is 2. The van der Waals surface area contributed by atoms with E-state index in [2.05, 4.69) is 0 Å². The Morgan fingerprint density at radius 2 is 0.714 bits per heavy atom. The van der Waals surface area contributed by atoms with Crippen molar-refractivity contribution < 1.29 is 35.1 Å². The van der Waals surface area contributed by atoms with Gasteiger partial charge in [0.15, 0.2) is 46.5 Å². The fraction of sp³-hybridized carbons (Fsp3) is 0.333. The maximum Gasteiger partial charge on any atom is 0.175 e. The Morgan fingerprint density at radius 3 is 0.929 bits per heavy atom. The van der Waals surface area contributed by atoms with Crippen LogP contribution in [0, 0.1) is 46.5 Å². The largest absolute Gasteiger partial charge is 0.203 e. The van der Waals surface area contributed by atoms with Gasteiger partial charge in [0, 0.05) is 22.6 Å². The second-order valence-electron chi connectivity index (χ2n) is 5.53. The highest BCUT2D eigenvalue weighted by Gasteiger charge is 2.26. The molecule has 0 atom stereocenters. The SMILES string of the molecule is CCc1c(F)c(F)c(SCCSc2c(F)c(F)c(CC)c(F)c2F)c(F)c1F. The summed E-state index contributed by atoms with van der Waals surface area (Å²) >= 11 is 0.770. The molecule has 0 aliphatic carbocycles. The third-order valence-corrected chi connectivity index (χ3v) is 6.28. The number of benzene rings is 2. The van der Waals surface area contributed by atoms with E-state index in [1.807, 2.05) is 0 Å². The lowest BCUT2D eigenvalue weighted by molar-refractivity contribution is 0.414. The molecule has 2 aromatic rings. The molecule has 10 heteroatoms. The van der Waals surface area contributed by atoms with Crippen molar-refractivity contribution in [2.24, 2.45) is 0 Å². The van der Waals surface area contributed by atoms with Crippen LogP contribution in [0.5, 0.6) is 0 Å². The average molecular weight is 446 g/mol. The number of halogens is 8. The lowest BCUT2D eigenvalue weighted by Gasteiger charge is -2.12. The summed E-state index contributed by atoms with van der Waals surface area (Å²) < 4.78 is 111. The third kappa shape index (κ3) is 4.12. The van der Waals surface area contributed by atoms with Crippen molar-refractivity contribution in [3.05, 3.63) is 57.7 Å². The molecule has 2 aromatic carbocycles. The van der Waals surface area contributed by atoms with E-state index in [1.165, 1.54) is 13.8 Å². The van der Waals surface area contributed by atoms with Crippen molar-refractivity contribution in [1.29, 1.82) is 0 Å². The molecule has 0 saturated heterocycles. The highest BCUT2D eigenvalue weighted by molar-refractivity contribution is 8.03. The van der Waals surface area contributed by atoms with E-state index in [4.69, 9.17) is 0 Å². The van der Waals surface area contributed by atoms with E-state index in [9.17, 15) is 35.1 Å². The van der Waals surface area contributed by atoms with Gasteiger partial charge in [-0.3, -0.25) is 0 Å². The van der Waals surface area contributed by atoms with Crippen LogP contribution in [0.25, 0.3) is 0 Å². The van der Waals surface area contributed by atoms with E-state index in [1.54, 1.807) is 0 Å². The molecule has 0 bridgehead atoms. The molecule has 0 amide bonds. The first-order valence-electron chi connectivity index (χ1n) is 8.12. The van der Waals surface area contributed by atoms with Crippen LogP contribution in [0.4, 0.5) is 35.1 Å². The minimum atomic E-state index is -1.56. The number of rotatable bonds is 7. The van der Waals surface area contributed by atoms with Gasteiger partial charge < -0.3 is 0 Å². The van der Waals surface area contributed by atoms with Crippen LogP contribution in [0.1, 0.15) is 25.0 Å². The van der Waals surface area contributed by atoms with Crippen LogP contribution in [-0.4, -0.2) is 11.5 Å². The molecule has 0 aromatic heterocycles. The fourth-order valence-electron chi connectivity index (χ4n) is 2.48. The van der Waals surface area contributed by atoms with E-state index < -0.39 is 67.5 Å². The minimum absolute atomic E-state index is 0.236. The summed E-state index contributed by atoms with van der Waals surface area (Å²) in [5.74, 6) is -12.7. The zero-order chi connectivity index (χ0) is 21.2. The molecule has 2 rings (SSSR count). The van der Waals surface area contributed by atoms with Crippen molar-refractivity contribution in [3.63, 3.8) is 0 Å². The van der Waals surface area contributed by atoms with Crippen molar-refractivity contribution in [3.8, 4) is 0 Å². The summed E-state index contributed by atoms with van der Waals surface area (Å²) in [6.45, 7) is 2.66. The summed E-state index contributed by atoms with van der Waals surface area (Å²) in [4.78, 5) is -1.82. The molecule has 0 spiro atoms. The Bertz CT molecular complexity index is 767. The second kappa shape index (κ2) is 9.39. The third-order valence-electron chi connectivity index (χ3n) is 3.91. The molecule has 0 aliphatic heterocycles. The van der Waals surface area contributed by atoms with Gasteiger partial charge in [-0.25, -0.2) is 35.1 Å². The van der Waals surface area contributed by atoms with Gasteiger partial charge in [0.2, 0.25) is 0 Å². The van der Waals surface area contributed by atoms with Gasteiger partial charge in [-0.1, -0.05) is 13.8 Å². The normalized spacial score (nSPS) is 11.4. The lowest BCUT2D eigenvalue weighted by atomic mass is 10.1. The van der Waals surface area contributed by atoms with Crippen LogP contribution in [0.2, 0.25) is 0 Å². The van der Waals surface area contributed by atoms with Gasteiger partial charge in [-0.05, 0) is 12.8 Å². The molecule has 0 aliphatic rings. The Kier molecular flexibility index (Phi) is 7.66. The molecule has 0 heterocycles. The molecule has 154 valence electrons. The summed E-state index contributed by atoms with van der Waals surface area (Å²) in [6, 6.07) is 0. The topological polar surface area (TPSA) is 0 Å². The van der Waals surface area contributed by atoms with Gasteiger partial charge in [0.1, 0.15) is 0 Å². The Labute approximate surface area is 164 Å². The molecule has 0 saturated carbocycles. The molecule has 0 nitrogen and oxygen atoms in total. The zero-order valence-electron chi connectivity index (χ0n) is 14.7. The molecule has 0 radical (unpaired) electrons. The summed E-state index contributed by atoms with van der Waals surface area (Å²) in [7, 11) is 0. The minimum Gasteiger partial charge on any atom is -0.203 e. The zero-order valence-corrected chi connectivity index (χ0v) is 16.3. The summed E-state index contributed by atoms with van der Waals surface area (Å²) in [5, 5.41) is 0. The maximum absolute atomic E-state index is 13.9. The first kappa shape index (κ1) is 22.9. The molecule has 28 heavy (non-hydrogen) atoms. The molecule has 0 fully saturated rings. The smallest absolute Gasteiger partial charge is 0.175 e. The quantitative estimate of drug-likeness (QED) is 0.198. The van der Waals surface area contributed by atoms with Crippen molar-refractivity contribution in [2.45, 2.75) is 36.5 Å². The van der Waals surface area contributed by atoms with Crippen LogP contribution < -0.4 is 0 Å². The highest BCUT2D eigenvalue weighted by atomic mass is 32.2. The van der Waals surface area contributed by atoms with Gasteiger partial charge in [0.25, 0.3) is 0 Å². The van der Waals surface area contributed by atoms with Gasteiger partial charge in [-0.15, -0.1) is 23.5 Å². The first-order chi connectivity index (χ1) is 13.2. The maximum atomic E-state index is 13.9. The van der Waals surface area contributed by atoms with Crippen molar-refractivity contribution in [2.75, 3.05) is 11.5 Å². The Hall–Kier alpha value is -1.42. The van der Waals surface area contributed by atoms with Crippen molar-refractivity contribution in [1.82, 2.24) is 0 Å². The standard InChI is InChI=1S/C18H14F8S2/c1-3-7-9(19)13(23)17(14(24)10(7)20)27-5-6-28-18-15(25)11(21)8(4-2)12(22)16(18)26/h3-6H2,1-2H3. The molecule has 0 N–H and O–H groups in total. The van der Waals surface area contributed by atoms with Crippen LogP contribution in [0.3, 0.4) is 0 Å². The van der Waals surface area contributed by atoms with Gasteiger partial charge >= 0.3 is 0 Å². The van der Waals surface area contributed by atoms with E-state index >= 15 is 0 Å². The Morgan fingerprint density at radius 1 is 0.464 bits per heavy atom. The first-order valence-corrected chi connectivity index (χ1v) is 10.1. The number of hydrogen-bond acceptors (Lipinski definition) is 2. The predicted molar refractivity (Wildman–Crippen MR) is 92.8 cm³/mol.